The van der Waals surface area contributed by atoms with Crippen molar-refractivity contribution < 1.29 is 4.79 Å². The third-order valence-corrected chi connectivity index (χ3v) is 5.47. The second-order valence-corrected chi connectivity index (χ2v) is 7.84. The monoisotopic (exact) mass is 398 g/mol. The highest BCUT2D eigenvalue weighted by Crippen LogP contribution is 2.24. The lowest BCUT2D eigenvalue weighted by Gasteiger charge is -2.34. The third kappa shape index (κ3) is 3.94. The number of fused-ring (bicyclic) bond motifs is 1. The van der Waals surface area contributed by atoms with Crippen LogP contribution in [-0.4, -0.2) is 57.0 Å². The molecule has 1 amide bonds. The predicted molar refractivity (Wildman–Crippen MR) is 110 cm³/mol. The molecular weight excluding hydrogens is 376 g/mol. The van der Waals surface area contributed by atoms with E-state index in [0.717, 1.165) is 49.3 Å². The van der Waals surface area contributed by atoms with Gasteiger partial charge in [0.1, 0.15) is 11.5 Å². The van der Waals surface area contributed by atoms with Crippen LogP contribution in [0.3, 0.4) is 0 Å². The van der Waals surface area contributed by atoms with Gasteiger partial charge >= 0.3 is 0 Å². The molecule has 0 bridgehead atoms. The highest BCUT2D eigenvalue weighted by molar-refractivity contribution is 6.31. The number of piperidine rings is 1. The minimum Gasteiger partial charge on any atom is -0.355 e. The molecule has 1 fully saturated rings. The van der Waals surface area contributed by atoms with E-state index in [0.29, 0.717) is 16.6 Å². The molecular formula is C20H23ClN6O. The van der Waals surface area contributed by atoms with Crippen LogP contribution in [0.4, 0.5) is 5.82 Å². The molecule has 0 radical (unpaired) electrons. The van der Waals surface area contributed by atoms with Gasteiger partial charge in [0, 0.05) is 44.9 Å². The SMILES string of the molecule is CN(CC1CCN(c2cnc3cc(Cl)ccc3n2)CC1)C(=O)c1cn(C)cn1. The van der Waals surface area contributed by atoms with Crippen LogP contribution in [0.5, 0.6) is 0 Å². The second kappa shape index (κ2) is 7.75. The van der Waals surface area contributed by atoms with Crippen LogP contribution in [0, 0.1) is 5.92 Å². The molecule has 7 nitrogen and oxygen atoms in total. The lowest BCUT2D eigenvalue weighted by atomic mass is 9.96. The first-order valence-electron chi connectivity index (χ1n) is 9.40. The molecule has 1 aliphatic rings. The fraction of sp³-hybridized carbons (Fsp3) is 0.400. The molecule has 0 atom stereocenters. The standard InChI is InChI=1S/C20H23ClN6O/c1-25-12-18(23-13-25)20(28)26(2)11-14-5-7-27(8-6-14)19-10-22-17-9-15(21)3-4-16(17)24-19/h3-4,9-10,12-14H,5-8,11H2,1-2H3. The van der Waals surface area contributed by atoms with E-state index in [-0.39, 0.29) is 5.91 Å². The molecule has 1 saturated heterocycles. The summed E-state index contributed by atoms with van der Waals surface area (Å²) in [4.78, 5) is 29.9. The van der Waals surface area contributed by atoms with Gasteiger partial charge in [-0.05, 0) is 37.0 Å². The van der Waals surface area contributed by atoms with E-state index in [1.54, 1.807) is 22.0 Å². The fourth-order valence-corrected chi connectivity index (χ4v) is 3.83. The second-order valence-electron chi connectivity index (χ2n) is 7.40. The summed E-state index contributed by atoms with van der Waals surface area (Å²) in [7, 11) is 3.72. The topological polar surface area (TPSA) is 67.2 Å². The Morgan fingerprint density at radius 1 is 1.25 bits per heavy atom. The molecule has 0 saturated carbocycles. The zero-order valence-corrected chi connectivity index (χ0v) is 16.8. The molecule has 0 N–H and O–H groups in total. The minimum atomic E-state index is -0.0258. The van der Waals surface area contributed by atoms with Crippen molar-refractivity contribution >= 4 is 34.4 Å². The van der Waals surface area contributed by atoms with Crippen LogP contribution in [-0.2, 0) is 7.05 Å². The normalized spacial score (nSPS) is 15.2. The summed E-state index contributed by atoms with van der Waals surface area (Å²) < 4.78 is 1.79. The van der Waals surface area contributed by atoms with E-state index >= 15 is 0 Å². The Kier molecular flexibility index (Phi) is 5.17. The molecule has 3 heterocycles. The summed E-state index contributed by atoms with van der Waals surface area (Å²) in [5.41, 5.74) is 2.15. The Labute approximate surface area is 169 Å². The number of halogens is 1. The Morgan fingerprint density at radius 2 is 2.04 bits per heavy atom. The van der Waals surface area contributed by atoms with E-state index < -0.39 is 0 Å². The number of benzene rings is 1. The van der Waals surface area contributed by atoms with Crippen molar-refractivity contribution in [1.82, 2.24) is 24.4 Å². The van der Waals surface area contributed by atoms with Gasteiger partial charge in [0.05, 0.1) is 23.6 Å². The van der Waals surface area contributed by atoms with Crippen LogP contribution in [0.25, 0.3) is 11.0 Å². The first-order chi connectivity index (χ1) is 13.5. The van der Waals surface area contributed by atoms with Crippen molar-refractivity contribution in [2.75, 3.05) is 31.6 Å². The molecule has 1 aromatic carbocycles. The van der Waals surface area contributed by atoms with Crippen LogP contribution >= 0.6 is 11.6 Å². The summed E-state index contributed by atoms with van der Waals surface area (Å²) >= 11 is 6.02. The zero-order chi connectivity index (χ0) is 19.7. The van der Waals surface area contributed by atoms with Gasteiger partial charge in [0.2, 0.25) is 0 Å². The molecule has 8 heteroatoms. The van der Waals surface area contributed by atoms with Gasteiger partial charge in [-0.2, -0.15) is 0 Å². The van der Waals surface area contributed by atoms with Gasteiger partial charge in [-0.1, -0.05) is 11.6 Å². The Balaban J connectivity index is 1.35. The van der Waals surface area contributed by atoms with Crippen LogP contribution < -0.4 is 4.90 Å². The number of hydrogen-bond donors (Lipinski definition) is 0. The van der Waals surface area contributed by atoms with E-state index in [9.17, 15) is 4.79 Å². The van der Waals surface area contributed by atoms with E-state index in [2.05, 4.69) is 14.9 Å². The quantitative estimate of drug-likeness (QED) is 0.675. The van der Waals surface area contributed by atoms with Crippen molar-refractivity contribution in [1.29, 1.82) is 0 Å². The first kappa shape index (κ1) is 18.7. The smallest absolute Gasteiger partial charge is 0.273 e. The van der Waals surface area contributed by atoms with Crippen molar-refractivity contribution in [2.45, 2.75) is 12.8 Å². The zero-order valence-electron chi connectivity index (χ0n) is 16.0. The maximum absolute atomic E-state index is 12.5. The minimum absolute atomic E-state index is 0.0258. The summed E-state index contributed by atoms with van der Waals surface area (Å²) in [6, 6.07) is 5.57. The lowest BCUT2D eigenvalue weighted by Crippen LogP contribution is -2.39. The number of hydrogen-bond acceptors (Lipinski definition) is 5. The van der Waals surface area contributed by atoms with Gasteiger partial charge in [0.25, 0.3) is 5.91 Å². The van der Waals surface area contributed by atoms with Gasteiger partial charge in [-0.15, -0.1) is 0 Å². The van der Waals surface area contributed by atoms with E-state index in [1.165, 1.54) is 0 Å². The van der Waals surface area contributed by atoms with Gasteiger partial charge in [0.15, 0.2) is 0 Å². The molecule has 0 spiro atoms. The Hall–Kier alpha value is -2.67. The summed E-state index contributed by atoms with van der Waals surface area (Å²) in [5.74, 6) is 1.34. The first-order valence-corrected chi connectivity index (χ1v) is 9.78. The van der Waals surface area contributed by atoms with Crippen molar-refractivity contribution in [3.05, 3.63) is 47.6 Å². The van der Waals surface area contributed by atoms with Gasteiger partial charge in [-0.3, -0.25) is 9.78 Å². The van der Waals surface area contributed by atoms with E-state index in [4.69, 9.17) is 16.6 Å². The van der Waals surface area contributed by atoms with Crippen molar-refractivity contribution in [2.24, 2.45) is 13.0 Å². The number of amides is 1. The van der Waals surface area contributed by atoms with Crippen LogP contribution in [0.15, 0.2) is 36.9 Å². The fourth-order valence-electron chi connectivity index (χ4n) is 3.66. The maximum Gasteiger partial charge on any atom is 0.273 e. The molecule has 3 aromatic rings. The van der Waals surface area contributed by atoms with Crippen molar-refractivity contribution in [3.63, 3.8) is 0 Å². The van der Waals surface area contributed by atoms with E-state index in [1.807, 2.05) is 38.5 Å². The Morgan fingerprint density at radius 3 is 2.75 bits per heavy atom. The lowest BCUT2D eigenvalue weighted by molar-refractivity contribution is 0.0759. The average molecular weight is 399 g/mol. The number of carbonyl (C=O) groups excluding carboxylic acids is 1. The van der Waals surface area contributed by atoms with Crippen LogP contribution in [0.1, 0.15) is 23.3 Å². The summed E-state index contributed by atoms with van der Waals surface area (Å²) in [6.45, 7) is 2.55. The number of nitrogens with zero attached hydrogens (tertiary/aromatic N) is 6. The number of rotatable bonds is 4. The van der Waals surface area contributed by atoms with Crippen LogP contribution in [0.2, 0.25) is 5.02 Å². The Bertz CT molecular complexity index is 995. The van der Waals surface area contributed by atoms with Gasteiger partial charge in [-0.25, -0.2) is 9.97 Å². The highest BCUT2D eigenvalue weighted by Gasteiger charge is 2.24. The molecule has 1 aliphatic heterocycles. The number of carbonyl (C=O) groups is 1. The molecule has 28 heavy (non-hydrogen) atoms. The summed E-state index contributed by atoms with van der Waals surface area (Å²) in [6.07, 6.45) is 7.25. The molecule has 146 valence electrons. The largest absolute Gasteiger partial charge is 0.355 e. The number of aromatic nitrogens is 4. The average Bonchev–Trinajstić information content (AvgIpc) is 3.14. The molecule has 4 rings (SSSR count). The van der Waals surface area contributed by atoms with Crippen molar-refractivity contribution in [3.8, 4) is 0 Å². The molecule has 0 aliphatic carbocycles. The third-order valence-electron chi connectivity index (χ3n) is 5.23. The number of aryl methyl sites for hydroxylation is 1. The highest BCUT2D eigenvalue weighted by atomic mass is 35.5. The maximum atomic E-state index is 12.5. The number of anilines is 1. The summed E-state index contributed by atoms with van der Waals surface area (Å²) in [5, 5.41) is 0.666. The molecule has 2 aromatic heterocycles. The predicted octanol–water partition coefficient (Wildman–Crippen LogP) is 3.01. The molecule has 0 unspecified atom stereocenters. The number of imidazole rings is 1. The van der Waals surface area contributed by atoms with Gasteiger partial charge < -0.3 is 14.4 Å².